The van der Waals surface area contributed by atoms with Gasteiger partial charge in [0.15, 0.2) is 0 Å². The van der Waals surface area contributed by atoms with Crippen LogP contribution in [0.15, 0.2) is 24.3 Å². The first kappa shape index (κ1) is 18.3. The number of hydrogen-bond acceptors (Lipinski definition) is 3. The van der Waals surface area contributed by atoms with E-state index in [0.29, 0.717) is 0 Å². The zero-order valence-electron chi connectivity index (χ0n) is 15.1. The van der Waals surface area contributed by atoms with E-state index in [1.165, 1.54) is 0 Å². The number of rotatable bonds is 5. The molecule has 2 N–H and O–H groups in total. The summed E-state index contributed by atoms with van der Waals surface area (Å²) in [7, 11) is 0. The Labute approximate surface area is 144 Å². The molecular formula is C19H28N2O3. The monoisotopic (exact) mass is 332 g/mol. The molecule has 2 amide bonds. The minimum Gasteiger partial charge on any atom is -0.444 e. The van der Waals surface area contributed by atoms with Gasteiger partial charge < -0.3 is 15.4 Å². The van der Waals surface area contributed by atoms with Crippen molar-refractivity contribution in [1.29, 1.82) is 0 Å². The summed E-state index contributed by atoms with van der Waals surface area (Å²) in [5, 5.41) is 5.89. The van der Waals surface area contributed by atoms with Crippen molar-refractivity contribution in [2.45, 2.75) is 70.9 Å². The minimum absolute atomic E-state index is 0.0772. The van der Waals surface area contributed by atoms with Gasteiger partial charge in [0.05, 0.1) is 12.0 Å². The molecule has 1 fully saturated rings. The maximum atomic E-state index is 12.5. The van der Waals surface area contributed by atoms with E-state index in [4.69, 9.17) is 4.74 Å². The molecule has 0 atom stereocenters. The molecule has 1 aliphatic rings. The first-order chi connectivity index (χ1) is 11.2. The minimum atomic E-state index is -0.544. The summed E-state index contributed by atoms with van der Waals surface area (Å²) in [6.45, 7) is 7.54. The number of amides is 2. The Morgan fingerprint density at radius 2 is 1.88 bits per heavy atom. The van der Waals surface area contributed by atoms with Crippen LogP contribution in [0.5, 0.6) is 0 Å². The summed E-state index contributed by atoms with van der Waals surface area (Å²) in [5.74, 6) is -0.0772. The topological polar surface area (TPSA) is 67.4 Å². The van der Waals surface area contributed by atoms with E-state index in [0.717, 1.165) is 36.9 Å². The van der Waals surface area contributed by atoms with Crippen molar-refractivity contribution in [3.63, 3.8) is 0 Å². The van der Waals surface area contributed by atoms with Crippen molar-refractivity contribution in [3.05, 3.63) is 29.8 Å². The van der Waals surface area contributed by atoms with Crippen LogP contribution >= 0.6 is 0 Å². The Morgan fingerprint density at radius 3 is 2.42 bits per heavy atom. The van der Waals surface area contributed by atoms with Crippen LogP contribution < -0.4 is 10.6 Å². The third-order valence-corrected chi connectivity index (χ3v) is 4.25. The Bertz CT molecular complexity index is 601. The summed E-state index contributed by atoms with van der Waals surface area (Å²) in [5.41, 5.74) is 0.927. The van der Waals surface area contributed by atoms with Crippen molar-refractivity contribution >= 4 is 17.7 Å². The molecule has 0 heterocycles. The number of carbonyl (C=O) groups excluding carboxylic acids is 2. The highest BCUT2D eigenvalue weighted by Crippen LogP contribution is 2.35. The van der Waals surface area contributed by atoms with Crippen LogP contribution in [0.2, 0.25) is 0 Å². The summed E-state index contributed by atoms with van der Waals surface area (Å²) < 4.78 is 5.32. The molecule has 5 heteroatoms. The van der Waals surface area contributed by atoms with Crippen LogP contribution in [-0.2, 0) is 16.0 Å². The van der Waals surface area contributed by atoms with E-state index >= 15 is 0 Å². The second kappa shape index (κ2) is 7.24. The number of alkyl carbamates (subject to hydrolysis) is 1. The first-order valence-corrected chi connectivity index (χ1v) is 8.62. The fourth-order valence-electron chi connectivity index (χ4n) is 2.92. The van der Waals surface area contributed by atoms with Gasteiger partial charge in [0.25, 0.3) is 0 Å². The molecule has 1 aromatic carbocycles. The summed E-state index contributed by atoms with van der Waals surface area (Å²) in [4.78, 5) is 24.5. The van der Waals surface area contributed by atoms with Crippen LogP contribution in [-0.4, -0.2) is 23.1 Å². The molecule has 1 saturated carbocycles. The van der Waals surface area contributed by atoms with E-state index in [9.17, 15) is 9.59 Å². The second-order valence-corrected chi connectivity index (χ2v) is 7.50. The highest BCUT2D eigenvalue weighted by molar-refractivity contribution is 5.92. The zero-order valence-corrected chi connectivity index (χ0v) is 15.1. The van der Waals surface area contributed by atoms with Crippen LogP contribution in [0.3, 0.4) is 0 Å². The lowest BCUT2D eigenvalue weighted by atomic mass is 9.74. The quantitative estimate of drug-likeness (QED) is 0.855. The van der Waals surface area contributed by atoms with Gasteiger partial charge >= 0.3 is 6.09 Å². The van der Waals surface area contributed by atoms with E-state index in [1.807, 2.05) is 45.0 Å². The number of aryl methyl sites for hydroxylation is 1. The van der Waals surface area contributed by atoms with Crippen LogP contribution in [0.25, 0.3) is 0 Å². The van der Waals surface area contributed by atoms with Gasteiger partial charge in [-0.15, -0.1) is 0 Å². The third-order valence-electron chi connectivity index (χ3n) is 4.25. The van der Waals surface area contributed by atoms with Gasteiger partial charge in [-0.2, -0.15) is 0 Å². The largest absolute Gasteiger partial charge is 0.444 e. The van der Waals surface area contributed by atoms with Crippen molar-refractivity contribution in [1.82, 2.24) is 5.32 Å². The standard InChI is InChI=1S/C19H28N2O3/c1-5-14-9-6-7-10-15(14)20-16(22)13-19(11-8-12-19)21-17(23)24-18(2,3)4/h6-7,9-10H,5,8,11-13H2,1-4H3,(H,20,22)(H,21,23). The number of benzene rings is 1. The number of ether oxygens (including phenoxy) is 1. The van der Waals surface area contributed by atoms with Gasteiger partial charge in [0.2, 0.25) is 5.91 Å². The summed E-state index contributed by atoms with van der Waals surface area (Å²) in [6, 6.07) is 7.79. The molecule has 0 bridgehead atoms. The maximum Gasteiger partial charge on any atom is 0.408 e. The molecule has 1 aromatic rings. The SMILES string of the molecule is CCc1ccccc1NC(=O)CC1(NC(=O)OC(C)(C)C)CCC1. The van der Waals surface area contributed by atoms with Gasteiger partial charge in [0, 0.05) is 5.69 Å². The van der Waals surface area contributed by atoms with E-state index in [1.54, 1.807) is 0 Å². The number of para-hydroxylation sites is 1. The average molecular weight is 332 g/mol. The Kier molecular flexibility index (Phi) is 5.52. The van der Waals surface area contributed by atoms with Crippen molar-refractivity contribution < 1.29 is 14.3 Å². The maximum absolute atomic E-state index is 12.5. The number of nitrogens with one attached hydrogen (secondary N) is 2. The molecule has 0 unspecified atom stereocenters. The summed E-state index contributed by atoms with van der Waals surface area (Å²) in [6.07, 6.45) is 3.28. The lowest BCUT2D eigenvalue weighted by Crippen LogP contribution is -2.56. The average Bonchev–Trinajstić information content (AvgIpc) is 2.43. The van der Waals surface area contributed by atoms with E-state index < -0.39 is 17.2 Å². The Balaban J connectivity index is 1.96. The van der Waals surface area contributed by atoms with Crippen LogP contribution in [0.1, 0.15) is 58.9 Å². The molecule has 132 valence electrons. The predicted octanol–water partition coefficient (Wildman–Crippen LogP) is 4.03. The lowest BCUT2D eigenvalue weighted by molar-refractivity contribution is -0.118. The fourth-order valence-corrected chi connectivity index (χ4v) is 2.92. The molecule has 0 spiro atoms. The number of carbonyl (C=O) groups is 2. The van der Waals surface area contributed by atoms with Gasteiger partial charge in [-0.25, -0.2) is 4.79 Å². The molecule has 1 aliphatic carbocycles. The zero-order chi connectivity index (χ0) is 17.8. The first-order valence-electron chi connectivity index (χ1n) is 8.62. The highest BCUT2D eigenvalue weighted by atomic mass is 16.6. The molecule has 0 radical (unpaired) electrons. The van der Waals surface area contributed by atoms with Crippen LogP contribution in [0.4, 0.5) is 10.5 Å². The normalized spacial score (nSPS) is 16.0. The molecule has 2 rings (SSSR count). The van der Waals surface area contributed by atoms with Gasteiger partial charge in [0.1, 0.15) is 5.60 Å². The van der Waals surface area contributed by atoms with E-state index in [2.05, 4.69) is 17.6 Å². The molecule has 0 saturated heterocycles. The Morgan fingerprint density at radius 1 is 1.21 bits per heavy atom. The fraction of sp³-hybridized carbons (Fsp3) is 0.579. The molecule has 0 aliphatic heterocycles. The van der Waals surface area contributed by atoms with Gasteiger partial charge in [-0.3, -0.25) is 4.79 Å². The van der Waals surface area contributed by atoms with Crippen LogP contribution in [0, 0.1) is 0 Å². The van der Waals surface area contributed by atoms with E-state index in [-0.39, 0.29) is 12.3 Å². The molecule has 5 nitrogen and oxygen atoms in total. The van der Waals surface area contributed by atoms with Gasteiger partial charge in [-0.05, 0) is 58.1 Å². The molecular weight excluding hydrogens is 304 g/mol. The second-order valence-electron chi connectivity index (χ2n) is 7.50. The molecule has 24 heavy (non-hydrogen) atoms. The third kappa shape index (κ3) is 4.98. The lowest BCUT2D eigenvalue weighted by Gasteiger charge is -2.42. The smallest absolute Gasteiger partial charge is 0.408 e. The predicted molar refractivity (Wildman–Crippen MR) is 95.0 cm³/mol. The van der Waals surface area contributed by atoms with Crippen molar-refractivity contribution in [2.75, 3.05) is 5.32 Å². The highest BCUT2D eigenvalue weighted by Gasteiger charge is 2.41. The number of anilines is 1. The van der Waals surface area contributed by atoms with Gasteiger partial charge in [-0.1, -0.05) is 25.1 Å². The molecule has 0 aromatic heterocycles. The van der Waals surface area contributed by atoms with Crippen molar-refractivity contribution in [3.8, 4) is 0 Å². The summed E-state index contributed by atoms with van der Waals surface area (Å²) >= 11 is 0. The Hall–Kier alpha value is -2.04. The number of hydrogen-bond donors (Lipinski definition) is 2. The van der Waals surface area contributed by atoms with Crippen molar-refractivity contribution in [2.24, 2.45) is 0 Å².